The summed E-state index contributed by atoms with van der Waals surface area (Å²) >= 11 is 0. The predicted octanol–water partition coefficient (Wildman–Crippen LogP) is 15.6. The largest absolute Gasteiger partial charge is 1.00 e. The molecule has 0 aliphatic heterocycles. The van der Waals surface area contributed by atoms with Crippen molar-refractivity contribution in [3.63, 3.8) is 0 Å². The van der Waals surface area contributed by atoms with E-state index in [1.54, 1.807) is 19.2 Å². The van der Waals surface area contributed by atoms with Gasteiger partial charge in [-0.2, -0.15) is 26.0 Å². The van der Waals surface area contributed by atoms with Gasteiger partial charge in [0.15, 0.2) is 16.6 Å². The smallest absolute Gasteiger partial charge is 0.858 e. The fourth-order valence-electron chi connectivity index (χ4n) is 11.7. The van der Waals surface area contributed by atoms with Crippen LogP contribution < -0.4 is 5.11 Å². The Hall–Kier alpha value is -0.264. The van der Waals surface area contributed by atoms with Crippen LogP contribution in [0.4, 0.5) is 13.2 Å². The van der Waals surface area contributed by atoms with Gasteiger partial charge in [0.1, 0.15) is 6.61 Å². The van der Waals surface area contributed by atoms with Gasteiger partial charge in [0, 0.05) is 13.0 Å². The Morgan fingerprint density at radius 2 is 0.702 bits per heavy atom. The van der Waals surface area contributed by atoms with Crippen molar-refractivity contribution < 1.29 is 152 Å². The average molecular weight is 1940 g/mol. The van der Waals surface area contributed by atoms with E-state index in [2.05, 4.69) is 155 Å². The maximum absolute atomic E-state index is 12.4. The van der Waals surface area contributed by atoms with Gasteiger partial charge in [-0.3, -0.25) is 9.59 Å². The van der Waals surface area contributed by atoms with Crippen molar-refractivity contribution in [1.82, 2.24) is 0 Å². The van der Waals surface area contributed by atoms with Gasteiger partial charge in [0.05, 0.1) is 130 Å². The van der Waals surface area contributed by atoms with Gasteiger partial charge in [-0.1, -0.05) is 78.6 Å². The molecule has 0 aliphatic carbocycles. The average Bonchev–Trinajstić information content (AvgIpc) is 0.805. The molecule has 680 valence electrons. The fraction of sp³-hybridized carbons (Fsp3) is 0.873. The number of carbonyl (C=O) groups excluding carboxylic acids is 2. The Morgan fingerprint density at radius 1 is 0.421 bits per heavy atom. The SMILES string of the molecule is CCC(C)C(=O)OCCOCCOCCOCCOCCOCCOCCOCCOCCOC.CCC(C)c1ccc(C([O-])=NS(=O)(=O)C(F)(F)F)cc1.CCCC[Si](C)(C)O[Si](C)(C)O[Si](C)(C)O[Si](C)(C)O[Si](C)(C)O[Si](C)(C)O[Si](C)(C)O[Si](C)(C)O[Si](C)(C)O[Si](C)(C)O[Si](C)(C)CCCOC(=O)C(C)(C)CC.[Ag+]. The standard InChI is InChI=1S/C35H92O12Si11.C24H48O11.C12H14F3NO3S.Ag/c1-27-29-32-48(5,6)38-50(9,10)40-52(13,14)42-54(17,18)44-56(21,22)46-58(25,26)47-57(23,24)45-55(19,20)43-53(15,16)41-51(11,12)39-49(7,8)33-30-31-37-34(36)35(3,4)28-2;1-4-23(2)24(25)35-22-21-34-20-19-33-18-17-32-16-15-31-14-13-30-12-11-29-10-9-28-8-7-27-6-5-26-3;1-3-8(2)9-4-6-10(7-5-9)11(17)16-20(18,19)12(13,14)15;/h27-33H2,1-26H3;23H,4-22H2,1-3H3;4-8H,3H2,1-2H3,(H,16,17);/q;;;+1/p-1. The van der Waals surface area contributed by atoms with E-state index in [-0.39, 0.29) is 58.3 Å². The number of sulfonamides is 1. The molecule has 1 rings (SSSR count). The van der Waals surface area contributed by atoms with E-state index in [1.165, 1.54) is 25.0 Å². The van der Waals surface area contributed by atoms with E-state index >= 15 is 0 Å². The molecule has 1 aromatic rings. The maximum atomic E-state index is 12.4. The molecule has 0 fully saturated rings. The number of hydrogen-bond donors (Lipinski definition) is 0. The zero-order chi connectivity index (χ0) is 87.5. The van der Waals surface area contributed by atoms with Crippen LogP contribution in [0.2, 0.25) is 156 Å². The molecule has 0 saturated heterocycles. The van der Waals surface area contributed by atoms with E-state index in [0.29, 0.717) is 119 Å². The van der Waals surface area contributed by atoms with Crippen molar-refractivity contribution in [2.75, 3.05) is 133 Å². The second kappa shape index (κ2) is 56.6. The third-order valence-electron chi connectivity index (χ3n) is 16.1. The van der Waals surface area contributed by atoms with Crippen molar-refractivity contribution in [3.8, 4) is 0 Å². The van der Waals surface area contributed by atoms with Crippen LogP contribution in [-0.2, 0) is 135 Å². The third kappa shape index (κ3) is 60.3. The molecule has 0 heterocycles. The summed E-state index contributed by atoms with van der Waals surface area (Å²) in [5, 5.41) is 11.4. The minimum Gasteiger partial charge on any atom is -0.858 e. The summed E-state index contributed by atoms with van der Waals surface area (Å²) in [6.07, 6.45) is 5.51. The fourth-order valence-corrected chi connectivity index (χ4v) is 68.5. The van der Waals surface area contributed by atoms with Crippen molar-refractivity contribution >= 4 is 122 Å². The van der Waals surface area contributed by atoms with Gasteiger partial charge in [0.25, 0.3) is 0 Å². The van der Waals surface area contributed by atoms with Gasteiger partial charge in [-0.25, -0.2) is 0 Å². The zero-order valence-electron chi connectivity index (χ0n) is 75.5. The monoisotopic (exact) mass is 1940 g/mol. The summed E-state index contributed by atoms with van der Waals surface area (Å²) in [7, 11) is -32.0. The van der Waals surface area contributed by atoms with E-state index < -0.39 is 121 Å². The predicted molar refractivity (Wildman–Crippen MR) is 463 cm³/mol. The molecule has 0 bridgehead atoms. The molecule has 0 aromatic heterocycles. The molecule has 2 atom stereocenters. The number of ether oxygens (including phenoxy) is 11. The molecule has 43 heteroatoms. The summed E-state index contributed by atoms with van der Waals surface area (Å²) in [6.45, 7) is 71.7. The number of esters is 2. The van der Waals surface area contributed by atoms with Crippen molar-refractivity contribution in [1.29, 1.82) is 0 Å². The molecule has 27 nitrogen and oxygen atoms in total. The van der Waals surface area contributed by atoms with E-state index in [1.807, 2.05) is 48.5 Å². The Morgan fingerprint density at radius 3 is 0.965 bits per heavy atom. The minimum atomic E-state index is -5.80. The molecule has 0 radical (unpaired) electrons. The molecule has 0 saturated carbocycles. The first-order chi connectivity index (χ1) is 51.6. The van der Waals surface area contributed by atoms with Crippen LogP contribution in [0.3, 0.4) is 0 Å². The summed E-state index contributed by atoms with van der Waals surface area (Å²) in [6, 6.07) is 7.67. The van der Waals surface area contributed by atoms with E-state index in [0.717, 1.165) is 43.3 Å². The summed E-state index contributed by atoms with van der Waals surface area (Å²) in [5.74, 6) is -1.59. The van der Waals surface area contributed by atoms with Gasteiger partial charge < -0.3 is 98.4 Å². The Labute approximate surface area is 713 Å². The molecule has 2 unspecified atom stereocenters. The number of benzene rings is 1. The Balaban J connectivity index is -0.00000184. The third-order valence-corrected chi connectivity index (χ3v) is 60.0. The molecular formula is C71H153AgF3NO26SSi11. The number of rotatable bonds is 62. The van der Waals surface area contributed by atoms with Crippen molar-refractivity contribution in [2.24, 2.45) is 15.7 Å². The number of nitrogens with zero attached hydrogens (tertiary/aromatic N) is 1. The number of alkyl halides is 3. The molecule has 0 aliphatic rings. The second-order valence-corrected chi connectivity index (χ2v) is 76.3. The van der Waals surface area contributed by atoms with Crippen LogP contribution in [0.15, 0.2) is 28.7 Å². The number of unbranched alkanes of at least 4 members (excludes halogenated alkanes) is 1. The molecule has 0 spiro atoms. The number of carbonyl (C=O) groups is 2. The summed E-state index contributed by atoms with van der Waals surface area (Å²) in [5.41, 5.74) is -5.33. The van der Waals surface area contributed by atoms with Crippen LogP contribution in [0.5, 0.6) is 0 Å². The first kappa shape index (κ1) is 118. The zero-order valence-corrected chi connectivity index (χ0v) is 88.8. The Kier molecular flexibility index (Phi) is 58.5. The van der Waals surface area contributed by atoms with Gasteiger partial charge in [0.2, 0.25) is 0 Å². The molecule has 0 amide bonds. The minimum absolute atomic E-state index is 0. The molecular weight excluding hydrogens is 1790 g/mol. The van der Waals surface area contributed by atoms with Gasteiger partial charge in [-0.15, -0.1) is 0 Å². The van der Waals surface area contributed by atoms with Crippen LogP contribution >= 0.6 is 0 Å². The van der Waals surface area contributed by atoms with Gasteiger partial charge >= 0.3 is 127 Å². The summed E-state index contributed by atoms with van der Waals surface area (Å²) in [4.78, 5) is 23.9. The molecule has 0 N–H and O–H groups in total. The Bertz CT molecular complexity index is 2900. The first-order valence-corrected chi connectivity index (χ1v) is 72.8. The second-order valence-electron chi connectivity index (χ2n) is 33.3. The van der Waals surface area contributed by atoms with Crippen molar-refractivity contribution in [2.45, 2.75) is 261 Å². The maximum Gasteiger partial charge on any atom is 1.00 e. The van der Waals surface area contributed by atoms with E-state index in [4.69, 9.17) is 93.3 Å². The van der Waals surface area contributed by atoms with Crippen LogP contribution in [-0.4, -0.2) is 258 Å². The summed E-state index contributed by atoms with van der Waals surface area (Å²) < 4.78 is 187. The normalized spacial score (nSPS) is 14.2. The first-order valence-electron chi connectivity index (χ1n) is 39.8. The van der Waals surface area contributed by atoms with Crippen LogP contribution in [0.25, 0.3) is 0 Å². The van der Waals surface area contributed by atoms with Crippen LogP contribution in [0.1, 0.15) is 111 Å². The van der Waals surface area contributed by atoms with Gasteiger partial charge in [-0.05, 0) is 213 Å². The topological polar surface area (TPSA) is 298 Å². The van der Waals surface area contributed by atoms with Crippen molar-refractivity contribution in [3.05, 3.63) is 35.4 Å². The quantitative estimate of drug-likeness (QED) is 0.0192. The number of halogens is 3. The van der Waals surface area contributed by atoms with Crippen LogP contribution in [0, 0.1) is 11.3 Å². The molecule has 1 aromatic carbocycles. The number of hydrogen-bond acceptors (Lipinski definition) is 26. The molecule has 114 heavy (non-hydrogen) atoms. The van der Waals surface area contributed by atoms with E-state index in [9.17, 15) is 36.3 Å². The number of methoxy groups -OCH3 is 1.